The van der Waals surface area contributed by atoms with Crippen LogP contribution in [-0.4, -0.2) is 31.3 Å². The lowest BCUT2D eigenvalue weighted by atomic mass is 9.95. The Balaban J connectivity index is 2.72. The quantitative estimate of drug-likeness (QED) is 0.787. The maximum Gasteiger partial charge on any atom is 0.326 e. The maximum absolute atomic E-state index is 13.1. The van der Waals surface area contributed by atoms with Gasteiger partial charge >= 0.3 is 5.97 Å². The zero-order chi connectivity index (χ0) is 16.0. The van der Waals surface area contributed by atoms with Crippen molar-refractivity contribution in [1.82, 2.24) is 5.32 Å². The molecule has 0 bridgehead atoms. The van der Waals surface area contributed by atoms with Gasteiger partial charge in [-0.1, -0.05) is 0 Å². The standard InChI is InChI=1S/C15H21F2NO3/c1-5-20-14(19)15(3,18-4)9-10(2)21-11-6-7-12(16)13(17)8-11/h6-8,10,18H,5,9H2,1-4H3. The molecule has 0 radical (unpaired) electrons. The van der Waals surface area contributed by atoms with Gasteiger partial charge in [0.1, 0.15) is 11.3 Å². The van der Waals surface area contributed by atoms with E-state index in [-0.39, 0.29) is 18.3 Å². The van der Waals surface area contributed by atoms with Crippen LogP contribution in [0, 0.1) is 11.6 Å². The monoisotopic (exact) mass is 301 g/mol. The first kappa shape index (κ1) is 17.4. The highest BCUT2D eigenvalue weighted by Gasteiger charge is 2.35. The van der Waals surface area contributed by atoms with Crippen LogP contribution < -0.4 is 10.1 Å². The zero-order valence-corrected chi connectivity index (χ0v) is 12.7. The number of benzene rings is 1. The number of rotatable bonds is 7. The summed E-state index contributed by atoms with van der Waals surface area (Å²) in [6.07, 6.45) is -0.0712. The van der Waals surface area contributed by atoms with E-state index in [1.807, 2.05) is 0 Å². The van der Waals surface area contributed by atoms with Gasteiger partial charge in [-0.3, -0.25) is 4.79 Å². The van der Waals surface area contributed by atoms with Crippen LogP contribution in [0.5, 0.6) is 5.75 Å². The van der Waals surface area contributed by atoms with E-state index < -0.39 is 23.3 Å². The van der Waals surface area contributed by atoms with Crippen molar-refractivity contribution in [3.8, 4) is 5.75 Å². The van der Waals surface area contributed by atoms with E-state index in [9.17, 15) is 13.6 Å². The van der Waals surface area contributed by atoms with Crippen LogP contribution in [0.2, 0.25) is 0 Å². The van der Waals surface area contributed by atoms with E-state index in [2.05, 4.69) is 5.32 Å². The Labute approximate surface area is 123 Å². The van der Waals surface area contributed by atoms with Gasteiger partial charge in [-0.15, -0.1) is 0 Å². The van der Waals surface area contributed by atoms with Crippen LogP contribution in [0.4, 0.5) is 8.78 Å². The van der Waals surface area contributed by atoms with E-state index in [4.69, 9.17) is 9.47 Å². The molecule has 0 aliphatic carbocycles. The highest BCUT2D eigenvalue weighted by molar-refractivity contribution is 5.80. The van der Waals surface area contributed by atoms with Crippen molar-refractivity contribution in [2.24, 2.45) is 0 Å². The topological polar surface area (TPSA) is 47.6 Å². The van der Waals surface area contributed by atoms with Crippen LogP contribution in [0.15, 0.2) is 18.2 Å². The summed E-state index contributed by atoms with van der Waals surface area (Å²) in [5.74, 6) is -2.07. The second-order valence-corrected chi connectivity index (χ2v) is 5.01. The predicted octanol–water partition coefficient (Wildman–Crippen LogP) is 2.66. The van der Waals surface area contributed by atoms with Gasteiger partial charge in [0.25, 0.3) is 0 Å². The van der Waals surface area contributed by atoms with Crippen LogP contribution in [0.3, 0.4) is 0 Å². The minimum atomic E-state index is -0.971. The van der Waals surface area contributed by atoms with Crippen molar-refractivity contribution in [3.63, 3.8) is 0 Å². The molecule has 0 aromatic heterocycles. The van der Waals surface area contributed by atoms with Crippen LogP contribution in [-0.2, 0) is 9.53 Å². The third-order valence-corrected chi connectivity index (χ3v) is 3.20. The number of hydrogen-bond acceptors (Lipinski definition) is 4. The fourth-order valence-corrected chi connectivity index (χ4v) is 1.98. The number of nitrogens with one attached hydrogen (secondary N) is 1. The Hall–Kier alpha value is -1.69. The molecule has 0 fully saturated rings. The zero-order valence-electron chi connectivity index (χ0n) is 12.7. The smallest absolute Gasteiger partial charge is 0.326 e. The molecule has 0 aliphatic heterocycles. The highest BCUT2D eigenvalue weighted by Crippen LogP contribution is 2.21. The molecule has 2 unspecified atom stereocenters. The Kier molecular flexibility index (Phi) is 6.08. The van der Waals surface area contributed by atoms with E-state index in [1.54, 1.807) is 27.8 Å². The first-order chi connectivity index (χ1) is 9.82. The molecular weight excluding hydrogens is 280 g/mol. The van der Waals surface area contributed by atoms with Gasteiger partial charge < -0.3 is 14.8 Å². The average molecular weight is 301 g/mol. The van der Waals surface area contributed by atoms with Gasteiger partial charge in [0, 0.05) is 12.5 Å². The molecule has 0 amide bonds. The lowest BCUT2D eigenvalue weighted by Gasteiger charge is -2.29. The van der Waals surface area contributed by atoms with Crippen LogP contribution >= 0.6 is 0 Å². The third-order valence-electron chi connectivity index (χ3n) is 3.20. The van der Waals surface area contributed by atoms with Crippen molar-refractivity contribution in [3.05, 3.63) is 29.8 Å². The van der Waals surface area contributed by atoms with Crippen molar-refractivity contribution in [1.29, 1.82) is 0 Å². The average Bonchev–Trinajstić information content (AvgIpc) is 2.43. The first-order valence-electron chi connectivity index (χ1n) is 6.80. The summed E-state index contributed by atoms with van der Waals surface area (Å²) < 4.78 is 36.5. The minimum Gasteiger partial charge on any atom is -0.491 e. The lowest BCUT2D eigenvalue weighted by Crippen LogP contribution is -2.51. The summed E-state index contributed by atoms with van der Waals surface area (Å²) in [6.45, 7) is 5.47. The molecule has 1 rings (SSSR count). The molecule has 1 aromatic rings. The van der Waals surface area contributed by atoms with Crippen molar-refractivity contribution >= 4 is 5.97 Å². The number of likely N-dealkylation sites (N-methyl/N-ethyl adjacent to an activating group) is 1. The minimum absolute atomic E-state index is 0.212. The van der Waals surface area contributed by atoms with Crippen molar-refractivity contribution < 1.29 is 23.0 Å². The molecule has 1 N–H and O–H groups in total. The largest absolute Gasteiger partial charge is 0.491 e. The fraction of sp³-hybridized carbons (Fsp3) is 0.533. The highest BCUT2D eigenvalue weighted by atomic mass is 19.2. The Morgan fingerprint density at radius 2 is 2.05 bits per heavy atom. The molecule has 21 heavy (non-hydrogen) atoms. The number of esters is 1. The van der Waals surface area contributed by atoms with Gasteiger partial charge in [-0.2, -0.15) is 0 Å². The summed E-state index contributed by atoms with van der Waals surface area (Å²) >= 11 is 0. The molecule has 4 nitrogen and oxygen atoms in total. The fourth-order valence-electron chi connectivity index (χ4n) is 1.98. The summed E-state index contributed by atoms with van der Waals surface area (Å²) in [6, 6.07) is 3.32. The normalized spacial score (nSPS) is 15.1. The molecule has 0 spiro atoms. The van der Waals surface area contributed by atoms with Gasteiger partial charge in [0.05, 0.1) is 12.7 Å². The molecule has 2 atom stereocenters. The summed E-state index contributed by atoms with van der Waals surface area (Å²) in [7, 11) is 1.65. The summed E-state index contributed by atoms with van der Waals surface area (Å²) in [4.78, 5) is 11.9. The van der Waals surface area contributed by atoms with Crippen LogP contribution in [0.1, 0.15) is 27.2 Å². The molecule has 0 aliphatic rings. The van der Waals surface area contributed by atoms with Gasteiger partial charge in [-0.25, -0.2) is 8.78 Å². The lowest BCUT2D eigenvalue weighted by molar-refractivity contribution is -0.151. The number of halogens is 2. The first-order valence-corrected chi connectivity index (χ1v) is 6.80. The molecule has 118 valence electrons. The van der Waals surface area contributed by atoms with Gasteiger partial charge in [0.15, 0.2) is 11.6 Å². The Bertz CT molecular complexity index is 496. The number of carbonyl (C=O) groups is 1. The maximum atomic E-state index is 13.1. The summed E-state index contributed by atoms with van der Waals surface area (Å²) in [5.41, 5.74) is -0.909. The predicted molar refractivity (Wildman–Crippen MR) is 75.2 cm³/mol. The SMILES string of the molecule is CCOC(=O)C(C)(CC(C)Oc1ccc(F)c(F)c1)NC. The van der Waals surface area contributed by atoms with E-state index in [0.29, 0.717) is 6.42 Å². The number of hydrogen-bond donors (Lipinski definition) is 1. The molecule has 0 heterocycles. The van der Waals surface area contributed by atoms with Gasteiger partial charge in [-0.05, 0) is 40.0 Å². The van der Waals surface area contributed by atoms with E-state index in [1.165, 1.54) is 6.07 Å². The molecule has 6 heteroatoms. The molecular formula is C15H21F2NO3. The van der Waals surface area contributed by atoms with E-state index in [0.717, 1.165) is 12.1 Å². The number of ether oxygens (including phenoxy) is 2. The van der Waals surface area contributed by atoms with Crippen LogP contribution in [0.25, 0.3) is 0 Å². The Morgan fingerprint density at radius 3 is 2.57 bits per heavy atom. The second-order valence-electron chi connectivity index (χ2n) is 5.01. The second kappa shape index (κ2) is 7.36. The van der Waals surface area contributed by atoms with E-state index >= 15 is 0 Å². The third kappa shape index (κ3) is 4.67. The molecule has 1 aromatic carbocycles. The summed E-state index contributed by atoms with van der Waals surface area (Å²) in [5, 5.41) is 2.91. The van der Waals surface area contributed by atoms with Gasteiger partial charge in [0.2, 0.25) is 0 Å². The Morgan fingerprint density at radius 1 is 1.38 bits per heavy atom. The van der Waals surface area contributed by atoms with Crippen molar-refractivity contribution in [2.75, 3.05) is 13.7 Å². The number of carbonyl (C=O) groups excluding carboxylic acids is 1. The van der Waals surface area contributed by atoms with Crippen molar-refractivity contribution in [2.45, 2.75) is 38.8 Å². The molecule has 0 saturated carbocycles. The molecule has 0 saturated heterocycles.